The first-order chi connectivity index (χ1) is 8.09. The maximum atomic E-state index is 12.1. The van der Waals surface area contributed by atoms with Crippen LogP contribution in [0, 0.1) is 0 Å². The van der Waals surface area contributed by atoms with Crippen LogP contribution in [0.2, 0.25) is 0 Å². The van der Waals surface area contributed by atoms with E-state index in [1.807, 2.05) is 0 Å². The molecule has 6 heteroatoms. The molecule has 0 bridgehead atoms. The highest BCUT2D eigenvalue weighted by atomic mass is 19.3. The number of carbonyl (C=O) groups excluding carboxylic acids is 1. The van der Waals surface area contributed by atoms with Crippen LogP contribution >= 0.6 is 0 Å². The number of halogens is 2. The van der Waals surface area contributed by atoms with Gasteiger partial charge in [-0.2, -0.15) is 8.78 Å². The van der Waals surface area contributed by atoms with Crippen LogP contribution in [0.3, 0.4) is 0 Å². The maximum Gasteiger partial charge on any atom is 0.387 e. The van der Waals surface area contributed by atoms with Gasteiger partial charge in [-0.1, -0.05) is 12.1 Å². The van der Waals surface area contributed by atoms with Crippen molar-refractivity contribution in [2.75, 3.05) is 18.4 Å². The molecular weight excluding hydrogens is 230 g/mol. The topological polar surface area (TPSA) is 50.4 Å². The lowest BCUT2D eigenvalue weighted by molar-refractivity contribution is -0.118. The highest BCUT2D eigenvalue weighted by Gasteiger charge is 2.08. The number of hydrogen-bond acceptors (Lipinski definition) is 3. The molecule has 0 spiro atoms. The molecule has 0 heterocycles. The molecule has 0 aliphatic carbocycles. The van der Waals surface area contributed by atoms with Crippen molar-refractivity contribution < 1.29 is 18.3 Å². The molecule has 0 saturated carbocycles. The molecule has 4 nitrogen and oxygen atoms in total. The number of para-hydroxylation sites is 2. The van der Waals surface area contributed by atoms with E-state index in [0.717, 1.165) is 0 Å². The number of ether oxygens (including phenoxy) is 1. The SMILES string of the molecule is CC(=O)NCCNc1ccccc1OC(F)F. The summed E-state index contributed by atoms with van der Waals surface area (Å²) in [6.45, 7) is -0.594. The Hall–Kier alpha value is -1.85. The van der Waals surface area contributed by atoms with Crippen molar-refractivity contribution in [3.05, 3.63) is 24.3 Å². The van der Waals surface area contributed by atoms with Gasteiger partial charge in [0, 0.05) is 20.0 Å². The Balaban J connectivity index is 2.49. The van der Waals surface area contributed by atoms with Crippen molar-refractivity contribution in [3.8, 4) is 5.75 Å². The van der Waals surface area contributed by atoms with E-state index in [2.05, 4.69) is 15.4 Å². The monoisotopic (exact) mass is 244 g/mol. The number of carbonyl (C=O) groups is 1. The van der Waals surface area contributed by atoms with Crippen LogP contribution in [-0.4, -0.2) is 25.6 Å². The van der Waals surface area contributed by atoms with Crippen LogP contribution in [0.25, 0.3) is 0 Å². The summed E-state index contributed by atoms with van der Waals surface area (Å²) in [6, 6.07) is 6.40. The first kappa shape index (κ1) is 13.2. The normalized spacial score (nSPS) is 10.1. The van der Waals surface area contributed by atoms with Crippen molar-refractivity contribution in [1.82, 2.24) is 5.32 Å². The molecule has 1 aromatic rings. The third kappa shape index (κ3) is 5.14. The molecule has 0 radical (unpaired) electrons. The Morgan fingerprint density at radius 1 is 1.35 bits per heavy atom. The smallest absolute Gasteiger partial charge is 0.387 e. The number of hydrogen-bond donors (Lipinski definition) is 2. The number of anilines is 1. The summed E-state index contributed by atoms with van der Waals surface area (Å²) < 4.78 is 28.5. The molecule has 0 unspecified atom stereocenters. The Morgan fingerprint density at radius 3 is 2.71 bits per heavy atom. The Morgan fingerprint density at radius 2 is 2.06 bits per heavy atom. The van der Waals surface area contributed by atoms with Crippen molar-refractivity contribution in [1.29, 1.82) is 0 Å². The summed E-state index contributed by atoms with van der Waals surface area (Å²) in [4.78, 5) is 10.6. The Bertz CT molecular complexity index is 372. The fraction of sp³-hybridized carbons (Fsp3) is 0.364. The number of benzene rings is 1. The zero-order valence-electron chi connectivity index (χ0n) is 9.37. The Labute approximate surface area is 98.0 Å². The molecule has 0 atom stereocenters. The largest absolute Gasteiger partial charge is 0.433 e. The van der Waals surface area contributed by atoms with Crippen molar-refractivity contribution >= 4 is 11.6 Å². The van der Waals surface area contributed by atoms with E-state index in [1.165, 1.54) is 13.0 Å². The van der Waals surface area contributed by atoms with E-state index in [9.17, 15) is 13.6 Å². The van der Waals surface area contributed by atoms with Crippen LogP contribution in [-0.2, 0) is 4.79 Å². The van der Waals surface area contributed by atoms with Gasteiger partial charge >= 0.3 is 6.61 Å². The average Bonchev–Trinajstić information content (AvgIpc) is 2.25. The second-order valence-electron chi connectivity index (χ2n) is 3.28. The summed E-state index contributed by atoms with van der Waals surface area (Å²) in [7, 11) is 0. The first-order valence-electron chi connectivity index (χ1n) is 5.11. The molecule has 1 aromatic carbocycles. The van der Waals surface area contributed by atoms with Crippen LogP contribution in [0.15, 0.2) is 24.3 Å². The van der Waals surface area contributed by atoms with E-state index in [-0.39, 0.29) is 11.7 Å². The lowest BCUT2D eigenvalue weighted by Gasteiger charge is -2.12. The van der Waals surface area contributed by atoms with E-state index in [0.29, 0.717) is 18.8 Å². The summed E-state index contributed by atoms with van der Waals surface area (Å²) in [5, 5.41) is 5.49. The second-order valence-corrected chi connectivity index (χ2v) is 3.28. The molecule has 0 saturated heterocycles. The van der Waals surface area contributed by atoms with Gasteiger partial charge in [0.05, 0.1) is 5.69 Å². The van der Waals surface area contributed by atoms with E-state index < -0.39 is 6.61 Å². The minimum absolute atomic E-state index is 0.0883. The van der Waals surface area contributed by atoms with Gasteiger partial charge in [0.15, 0.2) is 0 Å². The van der Waals surface area contributed by atoms with Gasteiger partial charge in [-0.05, 0) is 12.1 Å². The molecule has 2 N–H and O–H groups in total. The van der Waals surface area contributed by atoms with Crippen molar-refractivity contribution in [3.63, 3.8) is 0 Å². The average molecular weight is 244 g/mol. The van der Waals surface area contributed by atoms with E-state index in [4.69, 9.17) is 0 Å². The molecule has 17 heavy (non-hydrogen) atoms. The number of rotatable bonds is 6. The third-order valence-electron chi connectivity index (χ3n) is 1.92. The number of alkyl halides is 2. The number of nitrogens with one attached hydrogen (secondary N) is 2. The van der Waals surface area contributed by atoms with E-state index in [1.54, 1.807) is 18.2 Å². The molecule has 0 aliphatic rings. The lowest BCUT2D eigenvalue weighted by atomic mass is 10.3. The standard InChI is InChI=1S/C11H14F2N2O2/c1-8(16)14-6-7-15-9-4-2-3-5-10(9)17-11(12)13/h2-5,11,15H,6-7H2,1H3,(H,14,16). The van der Waals surface area contributed by atoms with Crippen LogP contribution < -0.4 is 15.4 Å². The van der Waals surface area contributed by atoms with Gasteiger partial charge in [-0.3, -0.25) is 4.79 Å². The van der Waals surface area contributed by atoms with Gasteiger partial charge in [0.1, 0.15) is 5.75 Å². The minimum Gasteiger partial charge on any atom is -0.433 e. The minimum atomic E-state index is -2.85. The van der Waals surface area contributed by atoms with E-state index >= 15 is 0 Å². The zero-order valence-corrected chi connectivity index (χ0v) is 9.37. The quantitative estimate of drug-likeness (QED) is 0.751. The molecule has 1 rings (SSSR count). The van der Waals surface area contributed by atoms with Crippen LogP contribution in [0.1, 0.15) is 6.92 Å². The van der Waals surface area contributed by atoms with Crippen molar-refractivity contribution in [2.24, 2.45) is 0 Å². The predicted octanol–water partition coefficient (Wildman–Crippen LogP) is 1.84. The molecule has 0 fully saturated rings. The molecule has 0 aliphatic heterocycles. The fourth-order valence-corrected chi connectivity index (χ4v) is 1.25. The highest BCUT2D eigenvalue weighted by molar-refractivity contribution is 5.72. The van der Waals surface area contributed by atoms with Crippen LogP contribution in [0.4, 0.5) is 14.5 Å². The highest BCUT2D eigenvalue weighted by Crippen LogP contribution is 2.24. The molecule has 94 valence electrons. The molecule has 0 aromatic heterocycles. The summed E-state index contributed by atoms with van der Waals surface area (Å²) in [5.41, 5.74) is 0.471. The summed E-state index contributed by atoms with van der Waals surface area (Å²) in [6.07, 6.45) is 0. The number of amides is 1. The molecule has 1 amide bonds. The third-order valence-corrected chi connectivity index (χ3v) is 1.92. The summed E-state index contributed by atoms with van der Waals surface area (Å²) >= 11 is 0. The van der Waals surface area contributed by atoms with Gasteiger partial charge in [0.2, 0.25) is 5.91 Å². The van der Waals surface area contributed by atoms with Gasteiger partial charge in [0.25, 0.3) is 0 Å². The van der Waals surface area contributed by atoms with Gasteiger partial charge in [-0.15, -0.1) is 0 Å². The second kappa shape index (κ2) is 6.67. The predicted molar refractivity (Wildman–Crippen MR) is 60.2 cm³/mol. The first-order valence-corrected chi connectivity index (χ1v) is 5.11. The summed E-state index contributed by atoms with van der Waals surface area (Å²) in [5.74, 6) is -0.0470. The lowest BCUT2D eigenvalue weighted by Crippen LogP contribution is -2.26. The van der Waals surface area contributed by atoms with Gasteiger partial charge < -0.3 is 15.4 Å². The molecular formula is C11H14F2N2O2. The van der Waals surface area contributed by atoms with Gasteiger partial charge in [-0.25, -0.2) is 0 Å². The maximum absolute atomic E-state index is 12.1. The van der Waals surface area contributed by atoms with Crippen molar-refractivity contribution in [2.45, 2.75) is 13.5 Å². The Kier molecular flexibility index (Phi) is 5.19. The van der Waals surface area contributed by atoms with Crippen LogP contribution in [0.5, 0.6) is 5.75 Å². The fourth-order valence-electron chi connectivity index (χ4n) is 1.25. The zero-order chi connectivity index (χ0) is 12.7.